The third-order valence-corrected chi connectivity index (χ3v) is 2.82. The van der Waals surface area contributed by atoms with Crippen molar-refractivity contribution in [2.75, 3.05) is 0 Å². The number of nitrogens with one attached hydrogen (secondary N) is 1. The zero-order valence-electron chi connectivity index (χ0n) is 11.2. The van der Waals surface area contributed by atoms with Crippen LogP contribution >= 0.6 is 0 Å². The topological polar surface area (TPSA) is 55.9 Å². The monoisotopic (exact) mass is 248 g/mol. The Balaban J connectivity index is 1.87. The summed E-state index contributed by atoms with van der Waals surface area (Å²) in [6.45, 7) is 8.48. The van der Waals surface area contributed by atoms with Gasteiger partial charge in [-0.25, -0.2) is 4.98 Å². The zero-order valence-corrected chi connectivity index (χ0v) is 11.2. The average Bonchev–Trinajstić information content (AvgIpc) is 2.96. The Morgan fingerprint density at radius 1 is 1.33 bits per heavy atom. The fraction of sp³-hybridized carbons (Fsp3) is 0.538. The summed E-state index contributed by atoms with van der Waals surface area (Å²) in [4.78, 5) is 4.21. The number of hydrogen-bond donors (Lipinski definition) is 1. The smallest absolute Gasteiger partial charge is 0.208 e. The number of aryl methyl sites for hydroxylation is 3. The minimum atomic E-state index is 0.647. The van der Waals surface area contributed by atoms with Crippen LogP contribution in [0.25, 0.3) is 0 Å². The first-order chi connectivity index (χ1) is 8.72. The predicted molar refractivity (Wildman–Crippen MR) is 69.1 cm³/mol. The summed E-state index contributed by atoms with van der Waals surface area (Å²) in [7, 11) is 0. The quantitative estimate of drug-likeness (QED) is 0.850. The second-order valence-electron chi connectivity index (χ2n) is 4.27. The van der Waals surface area contributed by atoms with E-state index in [0.717, 1.165) is 36.9 Å². The third kappa shape index (κ3) is 2.98. The van der Waals surface area contributed by atoms with E-state index in [4.69, 9.17) is 4.42 Å². The van der Waals surface area contributed by atoms with Crippen LogP contribution in [0.15, 0.2) is 16.7 Å². The molecule has 1 N–H and O–H groups in total. The summed E-state index contributed by atoms with van der Waals surface area (Å²) < 4.78 is 7.55. The van der Waals surface area contributed by atoms with Gasteiger partial charge in [0.1, 0.15) is 5.76 Å². The van der Waals surface area contributed by atoms with Gasteiger partial charge in [-0.2, -0.15) is 5.10 Å². The third-order valence-electron chi connectivity index (χ3n) is 2.82. The lowest BCUT2D eigenvalue weighted by molar-refractivity contribution is 0.435. The molecule has 5 heteroatoms. The fourth-order valence-corrected chi connectivity index (χ4v) is 1.91. The zero-order chi connectivity index (χ0) is 13.0. The Hall–Kier alpha value is -1.62. The molecule has 0 spiro atoms. The predicted octanol–water partition coefficient (Wildman–Crippen LogP) is 2.05. The van der Waals surface area contributed by atoms with E-state index in [1.54, 1.807) is 6.20 Å². The van der Waals surface area contributed by atoms with Gasteiger partial charge in [-0.3, -0.25) is 4.68 Å². The van der Waals surface area contributed by atoms with Gasteiger partial charge in [0.15, 0.2) is 0 Å². The number of rotatable bonds is 6. The van der Waals surface area contributed by atoms with Gasteiger partial charge in [0, 0.05) is 19.5 Å². The van der Waals surface area contributed by atoms with E-state index in [9.17, 15) is 0 Å². The molecular formula is C13H20N4O. The molecule has 0 aromatic carbocycles. The van der Waals surface area contributed by atoms with Gasteiger partial charge >= 0.3 is 0 Å². The fourth-order valence-electron chi connectivity index (χ4n) is 1.91. The van der Waals surface area contributed by atoms with Crippen LogP contribution in [-0.4, -0.2) is 14.8 Å². The van der Waals surface area contributed by atoms with E-state index in [2.05, 4.69) is 35.3 Å². The summed E-state index contributed by atoms with van der Waals surface area (Å²) in [6.07, 6.45) is 2.67. The molecule has 0 aliphatic heterocycles. The number of aromatic nitrogens is 3. The van der Waals surface area contributed by atoms with Gasteiger partial charge in [-0.15, -0.1) is 0 Å². The maximum absolute atomic E-state index is 5.54. The highest BCUT2D eigenvalue weighted by Crippen LogP contribution is 2.06. The Morgan fingerprint density at radius 2 is 2.17 bits per heavy atom. The number of oxazole rings is 1. The second-order valence-corrected chi connectivity index (χ2v) is 4.27. The number of nitrogens with zero attached hydrogens (tertiary/aromatic N) is 3. The summed E-state index contributed by atoms with van der Waals surface area (Å²) in [5.74, 6) is 1.67. The maximum atomic E-state index is 5.54. The Bertz CT molecular complexity index is 501. The molecule has 2 aromatic heterocycles. The summed E-state index contributed by atoms with van der Waals surface area (Å²) in [5, 5.41) is 7.74. The van der Waals surface area contributed by atoms with Crippen LogP contribution in [0.4, 0.5) is 0 Å². The van der Waals surface area contributed by atoms with Crippen LogP contribution in [0, 0.1) is 6.92 Å². The molecule has 5 nitrogen and oxygen atoms in total. The van der Waals surface area contributed by atoms with Crippen LogP contribution in [0.3, 0.4) is 0 Å². The average molecular weight is 248 g/mol. The van der Waals surface area contributed by atoms with Gasteiger partial charge in [-0.05, 0) is 19.9 Å². The van der Waals surface area contributed by atoms with Crippen LogP contribution in [0.2, 0.25) is 0 Å². The molecule has 2 rings (SSSR count). The van der Waals surface area contributed by atoms with E-state index in [0.29, 0.717) is 6.54 Å². The highest BCUT2D eigenvalue weighted by Gasteiger charge is 2.05. The molecule has 0 amide bonds. The first-order valence-corrected chi connectivity index (χ1v) is 6.40. The van der Waals surface area contributed by atoms with Gasteiger partial charge < -0.3 is 9.73 Å². The van der Waals surface area contributed by atoms with Crippen molar-refractivity contribution in [3.63, 3.8) is 0 Å². The molecule has 0 atom stereocenters. The van der Waals surface area contributed by atoms with E-state index in [1.165, 1.54) is 5.69 Å². The van der Waals surface area contributed by atoms with Crippen LogP contribution < -0.4 is 5.32 Å². The van der Waals surface area contributed by atoms with E-state index in [-0.39, 0.29) is 0 Å². The summed E-state index contributed by atoms with van der Waals surface area (Å²) in [6, 6.07) is 2.10. The van der Waals surface area contributed by atoms with Gasteiger partial charge in [0.2, 0.25) is 5.89 Å². The molecule has 0 aliphatic rings. The van der Waals surface area contributed by atoms with Crippen LogP contribution in [0.1, 0.15) is 36.9 Å². The lowest BCUT2D eigenvalue weighted by Gasteiger charge is -2.04. The molecule has 2 heterocycles. The van der Waals surface area contributed by atoms with Gasteiger partial charge in [-0.1, -0.05) is 6.92 Å². The molecule has 0 radical (unpaired) electrons. The molecular weight excluding hydrogens is 228 g/mol. The summed E-state index contributed by atoms with van der Waals surface area (Å²) >= 11 is 0. The standard InChI is InChI=1S/C13H20N4O/c1-4-12-8-15-13(18-12)9-14-7-11-6-10(3)16-17(11)5-2/h6,8,14H,4-5,7,9H2,1-3H3. The van der Waals surface area contributed by atoms with Gasteiger partial charge in [0.25, 0.3) is 0 Å². The van der Waals surface area contributed by atoms with Crippen molar-refractivity contribution in [2.24, 2.45) is 0 Å². The molecule has 18 heavy (non-hydrogen) atoms. The van der Waals surface area contributed by atoms with Crippen molar-refractivity contribution in [2.45, 2.75) is 46.8 Å². The molecule has 0 aliphatic carbocycles. The van der Waals surface area contributed by atoms with Crippen molar-refractivity contribution < 1.29 is 4.42 Å². The minimum absolute atomic E-state index is 0.647. The lowest BCUT2D eigenvalue weighted by atomic mass is 10.3. The first kappa shape index (κ1) is 12.8. The minimum Gasteiger partial charge on any atom is -0.444 e. The van der Waals surface area contributed by atoms with Crippen molar-refractivity contribution >= 4 is 0 Å². The second kappa shape index (κ2) is 5.82. The normalized spacial score (nSPS) is 11.1. The van der Waals surface area contributed by atoms with Crippen molar-refractivity contribution in [3.05, 3.63) is 35.3 Å². The van der Waals surface area contributed by atoms with Crippen molar-refractivity contribution in [1.29, 1.82) is 0 Å². The van der Waals surface area contributed by atoms with Crippen LogP contribution in [0.5, 0.6) is 0 Å². The highest BCUT2D eigenvalue weighted by molar-refractivity contribution is 5.08. The van der Waals surface area contributed by atoms with Crippen LogP contribution in [-0.2, 0) is 26.1 Å². The van der Waals surface area contributed by atoms with Gasteiger partial charge in [0.05, 0.1) is 24.1 Å². The van der Waals surface area contributed by atoms with E-state index in [1.807, 2.05) is 11.6 Å². The number of hydrogen-bond acceptors (Lipinski definition) is 4. The molecule has 0 saturated carbocycles. The Kier molecular flexibility index (Phi) is 4.15. The molecule has 0 fully saturated rings. The highest BCUT2D eigenvalue weighted by atomic mass is 16.4. The van der Waals surface area contributed by atoms with E-state index < -0.39 is 0 Å². The SMILES string of the molecule is CCc1cnc(CNCc2cc(C)nn2CC)o1. The molecule has 0 saturated heterocycles. The molecule has 0 bridgehead atoms. The maximum Gasteiger partial charge on any atom is 0.208 e. The first-order valence-electron chi connectivity index (χ1n) is 6.40. The van der Waals surface area contributed by atoms with Crippen molar-refractivity contribution in [1.82, 2.24) is 20.1 Å². The lowest BCUT2D eigenvalue weighted by Crippen LogP contribution is -2.16. The summed E-state index contributed by atoms with van der Waals surface area (Å²) in [5.41, 5.74) is 2.25. The molecule has 98 valence electrons. The Labute approximate surface area is 107 Å². The molecule has 2 aromatic rings. The van der Waals surface area contributed by atoms with Crippen molar-refractivity contribution in [3.8, 4) is 0 Å². The van der Waals surface area contributed by atoms with E-state index >= 15 is 0 Å². The largest absolute Gasteiger partial charge is 0.444 e. The Morgan fingerprint density at radius 3 is 2.83 bits per heavy atom. The molecule has 0 unspecified atom stereocenters.